The van der Waals surface area contributed by atoms with Crippen LogP contribution in [0.4, 0.5) is 11.4 Å². The lowest BCUT2D eigenvalue weighted by atomic mass is 9.87. The van der Waals surface area contributed by atoms with Crippen LogP contribution in [0.1, 0.15) is 37.5 Å². The van der Waals surface area contributed by atoms with Gasteiger partial charge in [-0.2, -0.15) is 0 Å². The van der Waals surface area contributed by atoms with Crippen molar-refractivity contribution in [2.75, 3.05) is 11.1 Å². The Morgan fingerprint density at radius 1 is 1.15 bits per heavy atom. The fourth-order valence-corrected chi connectivity index (χ4v) is 3.33. The van der Waals surface area contributed by atoms with Gasteiger partial charge < -0.3 is 5.32 Å². The summed E-state index contributed by atoms with van der Waals surface area (Å²) >= 11 is 1.41. The molecule has 0 unspecified atom stereocenters. The lowest BCUT2D eigenvalue weighted by Crippen LogP contribution is -2.16. The highest BCUT2D eigenvalue weighted by Gasteiger charge is 2.19. The van der Waals surface area contributed by atoms with Gasteiger partial charge in [0.2, 0.25) is 5.91 Å². The van der Waals surface area contributed by atoms with E-state index >= 15 is 0 Å². The number of nitrogens with zero attached hydrogens (tertiary/aromatic N) is 1. The molecule has 1 N–H and O–H groups in total. The molecule has 0 saturated heterocycles. The fourth-order valence-electron chi connectivity index (χ4n) is 2.63. The van der Waals surface area contributed by atoms with Gasteiger partial charge in [0.05, 0.1) is 10.7 Å². The maximum absolute atomic E-state index is 12.3. The summed E-state index contributed by atoms with van der Waals surface area (Å²) in [7, 11) is 0. The van der Waals surface area contributed by atoms with Crippen LogP contribution < -0.4 is 5.32 Å². The van der Waals surface area contributed by atoms with Crippen LogP contribution in [0.2, 0.25) is 0 Å². The molecule has 0 aromatic heterocycles. The van der Waals surface area contributed by atoms with Crippen molar-refractivity contribution in [3.05, 3.63) is 63.2 Å². The van der Waals surface area contributed by atoms with E-state index in [1.807, 2.05) is 18.2 Å². The average Bonchev–Trinajstić information content (AvgIpc) is 2.54. The second kappa shape index (κ2) is 7.91. The molecule has 138 valence electrons. The van der Waals surface area contributed by atoms with Gasteiger partial charge in [0.15, 0.2) is 0 Å². The van der Waals surface area contributed by atoms with Crippen LogP contribution in [0.25, 0.3) is 0 Å². The Hall–Kier alpha value is -2.34. The number of hydrogen-bond donors (Lipinski definition) is 1. The molecule has 2 rings (SSSR count). The standard InChI is InChI=1S/C20H24N2O3S/c1-13-10-14(2)19(17(11-13)22(24)25)21-18(23)12-26-16-8-6-15(7-9-16)20(3,4)5/h6-11H,12H2,1-5H3,(H,21,23). The molecule has 0 spiro atoms. The zero-order valence-electron chi connectivity index (χ0n) is 15.8. The van der Waals surface area contributed by atoms with E-state index in [0.717, 1.165) is 10.5 Å². The molecule has 0 aliphatic rings. The highest BCUT2D eigenvalue weighted by Crippen LogP contribution is 2.30. The van der Waals surface area contributed by atoms with Gasteiger partial charge in [-0.1, -0.05) is 39.0 Å². The minimum atomic E-state index is -0.464. The summed E-state index contributed by atoms with van der Waals surface area (Å²) in [6, 6.07) is 11.4. The summed E-state index contributed by atoms with van der Waals surface area (Å²) in [6.07, 6.45) is 0. The predicted octanol–water partition coefficient (Wildman–Crippen LogP) is 5.24. The SMILES string of the molecule is Cc1cc(C)c(NC(=O)CSc2ccc(C(C)(C)C)cc2)c([N+](=O)[O-])c1. The Morgan fingerprint density at radius 2 is 1.77 bits per heavy atom. The largest absolute Gasteiger partial charge is 0.319 e. The third-order valence-electron chi connectivity index (χ3n) is 4.01. The maximum atomic E-state index is 12.3. The van der Waals surface area contributed by atoms with Gasteiger partial charge in [0.25, 0.3) is 5.69 Å². The van der Waals surface area contributed by atoms with Crippen molar-refractivity contribution < 1.29 is 9.72 Å². The number of hydrogen-bond acceptors (Lipinski definition) is 4. The molecule has 2 aromatic carbocycles. The third-order valence-corrected chi connectivity index (χ3v) is 5.02. The highest BCUT2D eigenvalue weighted by molar-refractivity contribution is 8.00. The molecule has 26 heavy (non-hydrogen) atoms. The van der Waals surface area contributed by atoms with Crippen molar-refractivity contribution >= 4 is 29.0 Å². The molecule has 0 atom stereocenters. The molecule has 0 saturated carbocycles. The van der Waals surface area contributed by atoms with Crippen molar-refractivity contribution in [2.45, 2.75) is 44.9 Å². The normalized spacial score (nSPS) is 11.3. The molecule has 0 heterocycles. The van der Waals surface area contributed by atoms with Gasteiger partial charge in [0.1, 0.15) is 5.69 Å². The number of nitro groups is 1. The topological polar surface area (TPSA) is 72.2 Å². The van der Waals surface area contributed by atoms with Crippen LogP contribution in [0.5, 0.6) is 0 Å². The third kappa shape index (κ3) is 5.08. The number of carbonyl (C=O) groups is 1. The molecular weight excluding hydrogens is 348 g/mol. The number of nitrogens with one attached hydrogen (secondary N) is 1. The summed E-state index contributed by atoms with van der Waals surface area (Å²) in [5.41, 5.74) is 3.00. The number of anilines is 1. The number of benzene rings is 2. The first-order valence-corrected chi connectivity index (χ1v) is 9.35. The zero-order chi connectivity index (χ0) is 19.5. The van der Waals surface area contributed by atoms with Gasteiger partial charge in [-0.3, -0.25) is 14.9 Å². The van der Waals surface area contributed by atoms with E-state index in [1.54, 1.807) is 13.8 Å². The number of amides is 1. The molecule has 2 aromatic rings. The van der Waals surface area contributed by atoms with Crippen LogP contribution in [0.3, 0.4) is 0 Å². The number of aryl methyl sites for hydroxylation is 2. The Kier molecular flexibility index (Phi) is 6.08. The van der Waals surface area contributed by atoms with E-state index in [2.05, 4.69) is 38.2 Å². The van der Waals surface area contributed by atoms with Crippen molar-refractivity contribution in [1.82, 2.24) is 0 Å². The van der Waals surface area contributed by atoms with E-state index in [-0.39, 0.29) is 28.4 Å². The summed E-state index contributed by atoms with van der Waals surface area (Å²) in [6.45, 7) is 10.0. The monoisotopic (exact) mass is 372 g/mol. The lowest BCUT2D eigenvalue weighted by Gasteiger charge is -2.19. The molecule has 0 radical (unpaired) electrons. The van der Waals surface area contributed by atoms with Gasteiger partial charge in [0, 0.05) is 11.0 Å². The first-order chi connectivity index (χ1) is 12.1. The molecule has 1 amide bonds. The fraction of sp³-hybridized carbons (Fsp3) is 0.350. The zero-order valence-corrected chi connectivity index (χ0v) is 16.6. The minimum absolute atomic E-state index is 0.0737. The Morgan fingerprint density at radius 3 is 2.31 bits per heavy atom. The Bertz CT molecular complexity index is 824. The van der Waals surface area contributed by atoms with Crippen molar-refractivity contribution in [2.24, 2.45) is 0 Å². The van der Waals surface area contributed by atoms with Gasteiger partial charge >= 0.3 is 0 Å². The Balaban J connectivity index is 2.05. The molecule has 0 aliphatic carbocycles. The van der Waals surface area contributed by atoms with Gasteiger partial charge in [-0.25, -0.2) is 0 Å². The molecule has 0 fully saturated rings. The number of rotatable bonds is 5. The lowest BCUT2D eigenvalue weighted by molar-refractivity contribution is -0.384. The first-order valence-electron chi connectivity index (χ1n) is 8.37. The second-order valence-electron chi connectivity index (χ2n) is 7.34. The van der Waals surface area contributed by atoms with E-state index in [0.29, 0.717) is 5.56 Å². The molecule has 5 nitrogen and oxygen atoms in total. The van der Waals surface area contributed by atoms with Crippen LogP contribution in [0.15, 0.2) is 41.3 Å². The van der Waals surface area contributed by atoms with Crippen LogP contribution >= 0.6 is 11.8 Å². The van der Waals surface area contributed by atoms with Crippen LogP contribution in [-0.2, 0) is 10.2 Å². The van der Waals surface area contributed by atoms with Crippen LogP contribution in [0, 0.1) is 24.0 Å². The van der Waals surface area contributed by atoms with Gasteiger partial charge in [-0.15, -0.1) is 11.8 Å². The van der Waals surface area contributed by atoms with E-state index in [1.165, 1.54) is 23.4 Å². The smallest absolute Gasteiger partial charge is 0.293 e. The minimum Gasteiger partial charge on any atom is -0.319 e. The van der Waals surface area contributed by atoms with Crippen molar-refractivity contribution in [3.8, 4) is 0 Å². The quantitative estimate of drug-likeness (QED) is 0.442. The molecule has 0 bridgehead atoms. The maximum Gasteiger partial charge on any atom is 0.293 e. The summed E-state index contributed by atoms with van der Waals surface area (Å²) in [5, 5.41) is 13.9. The first kappa shape index (κ1) is 20.0. The van der Waals surface area contributed by atoms with Crippen molar-refractivity contribution in [3.63, 3.8) is 0 Å². The summed E-state index contributed by atoms with van der Waals surface area (Å²) in [5.74, 6) is -0.0655. The van der Waals surface area contributed by atoms with Crippen LogP contribution in [-0.4, -0.2) is 16.6 Å². The number of thioether (sulfide) groups is 1. The predicted molar refractivity (Wildman–Crippen MR) is 107 cm³/mol. The van der Waals surface area contributed by atoms with Gasteiger partial charge in [-0.05, 0) is 48.1 Å². The highest BCUT2D eigenvalue weighted by atomic mass is 32.2. The van der Waals surface area contributed by atoms with Crippen molar-refractivity contribution in [1.29, 1.82) is 0 Å². The van der Waals surface area contributed by atoms with E-state index in [4.69, 9.17) is 0 Å². The number of nitro benzene ring substituents is 1. The Labute approximate surface area is 158 Å². The summed E-state index contributed by atoms with van der Waals surface area (Å²) < 4.78 is 0. The molecule has 6 heteroatoms. The number of carbonyl (C=O) groups excluding carboxylic acids is 1. The molecule has 0 aliphatic heterocycles. The summed E-state index contributed by atoms with van der Waals surface area (Å²) in [4.78, 5) is 24.0. The van der Waals surface area contributed by atoms with E-state index in [9.17, 15) is 14.9 Å². The molecular formula is C20H24N2O3S. The second-order valence-corrected chi connectivity index (χ2v) is 8.39. The average molecular weight is 372 g/mol. The van der Waals surface area contributed by atoms with E-state index < -0.39 is 4.92 Å².